The molecule has 3 N–H and O–H groups in total. The Morgan fingerprint density at radius 3 is 0.721 bits per heavy atom. The van der Waals surface area contributed by atoms with Crippen LogP contribution < -0.4 is 0 Å². The SMILES string of the molecule is CC(C)CCCCCCCCCCCCC(=O)OC[C@H](COP(=O)(O)OCC(O)COP(=O)(O)OC[C@@H](COC(=O)CCCCCCCCCCC(C)C)OC(=O)CCCCCCCCCCC(C)C)OC(=O)CCCCCCCCCCC(C)C. The number of unbranched alkanes of at least 4 members (excludes halogenated alkanes) is 30. The highest BCUT2D eigenvalue weighted by Crippen LogP contribution is 2.45. The van der Waals surface area contributed by atoms with Gasteiger partial charge in [-0.15, -0.1) is 0 Å². The lowest BCUT2D eigenvalue weighted by molar-refractivity contribution is -0.161. The zero-order valence-electron chi connectivity index (χ0n) is 55.9. The van der Waals surface area contributed by atoms with Crippen molar-refractivity contribution in [3.63, 3.8) is 0 Å². The summed E-state index contributed by atoms with van der Waals surface area (Å²) >= 11 is 0. The van der Waals surface area contributed by atoms with Gasteiger partial charge in [-0.25, -0.2) is 9.13 Å². The van der Waals surface area contributed by atoms with Crippen molar-refractivity contribution in [1.29, 1.82) is 0 Å². The number of aliphatic hydroxyl groups is 1. The van der Waals surface area contributed by atoms with Gasteiger partial charge in [0.2, 0.25) is 0 Å². The van der Waals surface area contributed by atoms with Gasteiger partial charge in [0, 0.05) is 25.7 Å². The molecule has 0 aliphatic rings. The van der Waals surface area contributed by atoms with Crippen LogP contribution in [0.5, 0.6) is 0 Å². The predicted octanol–water partition coefficient (Wildman–Crippen LogP) is 18.5. The molecule has 86 heavy (non-hydrogen) atoms. The standard InChI is InChI=1S/C67H130O17P2/c1-57(2)43-35-27-19-11-9-10-12-23-31-39-47-64(69)77-53-62(83-66(71)49-41-33-25-17-14-21-29-37-45-59(5)6)55-81-85(73,74)79-51-61(68)52-80-86(75,76)82-56-63(84-67(72)50-42-34-26-18-15-22-30-38-46-60(7)8)54-78-65(70)48-40-32-24-16-13-20-28-36-44-58(3)4/h57-63,68H,9-56H2,1-8H3,(H,73,74)(H,75,76)/t61?,62-,63-/m1/s1. The van der Waals surface area contributed by atoms with Gasteiger partial charge >= 0.3 is 39.5 Å². The normalized spacial score (nSPS) is 14.4. The Morgan fingerprint density at radius 1 is 0.291 bits per heavy atom. The number of aliphatic hydroxyl groups excluding tert-OH is 1. The lowest BCUT2D eigenvalue weighted by Crippen LogP contribution is -2.30. The molecule has 0 bridgehead atoms. The molecule has 0 saturated heterocycles. The van der Waals surface area contributed by atoms with Crippen LogP contribution in [-0.4, -0.2) is 96.7 Å². The summed E-state index contributed by atoms with van der Waals surface area (Å²) in [6.45, 7) is 14.0. The molecular formula is C67H130O17P2. The summed E-state index contributed by atoms with van der Waals surface area (Å²) in [6, 6.07) is 0. The van der Waals surface area contributed by atoms with Gasteiger partial charge in [0.1, 0.15) is 19.3 Å². The van der Waals surface area contributed by atoms with Crippen molar-refractivity contribution in [2.24, 2.45) is 23.7 Å². The van der Waals surface area contributed by atoms with Gasteiger partial charge in [-0.2, -0.15) is 0 Å². The fraction of sp³-hybridized carbons (Fsp3) is 0.940. The summed E-state index contributed by atoms with van der Waals surface area (Å²) in [7, 11) is -9.90. The Bertz CT molecular complexity index is 1710. The van der Waals surface area contributed by atoms with Crippen LogP contribution in [0.4, 0.5) is 0 Å². The highest BCUT2D eigenvalue weighted by atomic mass is 31.2. The first-order valence-corrected chi connectivity index (χ1v) is 37.7. The Morgan fingerprint density at radius 2 is 0.488 bits per heavy atom. The predicted molar refractivity (Wildman–Crippen MR) is 344 cm³/mol. The summed E-state index contributed by atoms with van der Waals surface area (Å²) in [6.07, 6.45) is 37.7. The Labute approximate surface area is 524 Å². The van der Waals surface area contributed by atoms with Crippen LogP contribution in [0, 0.1) is 23.7 Å². The lowest BCUT2D eigenvalue weighted by Gasteiger charge is -2.21. The number of rotatable bonds is 64. The number of ether oxygens (including phenoxy) is 4. The van der Waals surface area contributed by atoms with Crippen LogP contribution in [0.1, 0.15) is 325 Å². The van der Waals surface area contributed by atoms with Gasteiger partial charge in [0.15, 0.2) is 12.2 Å². The second kappa shape index (κ2) is 57.0. The number of carbonyl (C=O) groups is 4. The maximum atomic E-state index is 13.0. The van der Waals surface area contributed by atoms with Crippen molar-refractivity contribution >= 4 is 39.5 Å². The molecule has 0 amide bonds. The molecule has 19 heteroatoms. The van der Waals surface area contributed by atoms with E-state index in [1.54, 1.807) is 0 Å². The number of esters is 4. The summed E-state index contributed by atoms with van der Waals surface area (Å²) in [5.74, 6) is 0.785. The molecule has 0 aliphatic carbocycles. The number of phosphoric acid groups is 2. The number of phosphoric ester groups is 2. The molecule has 0 spiro atoms. The van der Waals surface area contributed by atoms with Crippen molar-refractivity contribution in [2.75, 3.05) is 39.6 Å². The smallest absolute Gasteiger partial charge is 0.462 e. The molecule has 0 aromatic rings. The van der Waals surface area contributed by atoms with E-state index in [4.69, 9.17) is 37.0 Å². The molecule has 0 saturated carbocycles. The van der Waals surface area contributed by atoms with Crippen molar-refractivity contribution in [3.8, 4) is 0 Å². The molecule has 0 aliphatic heterocycles. The fourth-order valence-corrected chi connectivity index (χ4v) is 11.5. The number of hydrogen-bond acceptors (Lipinski definition) is 15. The maximum Gasteiger partial charge on any atom is 0.472 e. The summed E-state index contributed by atoms with van der Waals surface area (Å²) < 4.78 is 68.1. The quantitative estimate of drug-likeness (QED) is 0.0222. The fourth-order valence-electron chi connectivity index (χ4n) is 9.96. The third-order valence-corrected chi connectivity index (χ3v) is 17.2. The van der Waals surface area contributed by atoms with E-state index in [-0.39, 0.29) is 25.7 Å². The average Bonchev–Trinajstić information content (AvgIpc) is 3.59. The minimum Gasteiger partial charge on any atom is -0.462 e. The Hall–Kier alpha value is -1.94. The third-order valence-electron chi connectivity index (χ3n) is 15.3. The minimum atomic E-state index is -4.95. The zero-order chi connectivity index (χ0) is 63.9. The average molecular weight is 1270 g/mol. The van der Waals surface area contributed by atoms with Crippen molar-refractivity contribution in [3.05, 3.63) is 0 Å². The molecule has 0 heterocycles. The zero-order valence-corrected chi connectivity index (χ0v) is 57.7. The molecule has 510 valence electrons. The highest BCUT2D eigenvalue weighted by Gasteiger charge is 2.30. The van der Waals surface area contributed by atoms with Gasteiger partial charge in [-0.3, -0.25) is 37.3 Å². The molecule has 0 aromatic heterocycles. The Balaban J connectivity index is 5.25. The molecule has 5 atom stereocenters. The van der Waals surface area contributed by atoms with E-state index in [9.17, 15) is 43.2 Å². The van der Waals surface area contributed by atoms with Crippen LogP contribution in [0.3, 0.4) is 0 Å². The topological polar surface area (TPSA) is 237 Å². The van der Waals surface area contributed by atoms with Crippen molar-refractivity contribution in [1.82, 2.24) is 0 Å². The minimum absolute atomic E-state index is 0.103. The van der Waals surface area contributed by atoms with Crippen LogP contribution >= 0.6 is 15.6 Å². The number of carbonyl (C=O) groups excluding carboxylic acids is 4. The van der Waals surface area contributed by atoms with E-state index < -0.39 is 97.5 Å². The van der Waals surface area contributed by atoms with Crippen molar-refractivity contribution in [2.45, 2.75) is 343 Å². The largest absolute Gasteiger partial charge is 0.472 e. The highest BCUT2D eigenvalue weighted by molar-refractivity contribution is 7.47. The van der Waals surface area contributed by atoms with E-state index in [1.165, 1.54) is 128 Å². The molecule has 0 fully saturated rings. The van der Waals surface area contributed by atoms with Crippen LogP contribution in [0.15, 0.2) is 0 Å². The number of hydrogen-bond donors (Lipinski definition) is 3. The molecule has 17 nitrogen and oxygen atoms in total. The monoisotopic (exact) mass is 1270 g/mol. The van der Waals surface area contributed by atoms with Crippen LogP contribution in [0.25, 0.3) is 0 Å². The summed E-state index contributed by atoms with van der Waals surface area (Å²) in [4.78, 5) is 72.4. The molecular weight excluding hydrogens is 1140 g/mol. The van der Waals surface area contributed by atoms with E-state index in [0.717, 1.165) is 114 Å². The third kappa shape index (κ3) is 60.9. The second-order valence-corrected chi connectivity index (χ2v) is 29.0. The van der Waals surface area contributed by atoms with E-state index in [1.807, 2.05) is 0 Å². The first-order chi connectivity index (χ1) is 41.1. The second-order valence-electron chi connectivity index (χ2n) is 26.1. The van der Waals surface area contributed by atoms with Gasteiger partial charge in [-0.05, 0) is 49.4 Å². The van der Waals surface area contributed by atoms with E-state index in [0.29, 0.717) is 25.7 Å². The van der Waals surface area contributed by atoms with E-state index in [2.05, 4.69) is 55.4 Å². The van der Waals surface area contributed by atoms with Crippen LogP contribution in [-0.2, 0) is 65.4 Å². The molecule has 0 rings (SSSR count). The molecule has 3 unspecified atom stereocenters. The van der Waals surface area contributed by atoms with Crippen LogP contribution in [0.2, 0.25) is 0 Å². The molecule has 0 radical (unpaired) electrons. The lowest BCUT2D eigenvalue weighted by atomic mass is 10.0. The first kappa shape index (κ1) is 84.1. The Kier molecular flexibility index (Phi) is 55.7. The summed E-state index contributed by atoms with van der Waals surface area (Å²) in [5, 5.41) is 10.6. The van der Waals surface area contributed by atoms with Gasteiger partial charge in [0.05, 0.1) is 26.4 Å². The van der Waals surface area contributed by atoms with E-state index >= 15 is 0 Å². The first-order valence-electron chi connectivity index (χ1n) is 34.7. The van der Waals surface area contributed by atoms with Crippen molar-refractivity contribution < 1.29 is 80.2 Å². The van der Waals surface area contributed by atoms with Gasteiger partial charge in [0.25, 0.3) is 0 Å². The maximum absolute atomic E-state index is 13.0. The van der Waals surface area contributed by atoms with Gasteiger partial charge < -0.3 is 33.8 Å². The summed E-state index contributed by atoms with van der Waals surface area (Å²) in [5.41, 5.74) is 0. The van der Waals surface area contributed by atoms with Gasteiger partial charge in [-0.1, -0.05) is 274 Å². The molecule has 0 aromatic carbocycles.